The van der Waals surface area contributed by atoms with E-state index in [9.17, 15) is 23.5 Å². The lowest BCUT2D eigenvalue weighted by atomic mass is 9.80. The van der Waals surface area contributed by atoms with Crippen molar-refractivity contribution >= 4 is 11.8 Å². The van der Waals surface area contributed by atoms with Crippen LogP contribution in [-0.2, 0) is 21.9 Å². The number of hydrogen-bond donors (Lipinski definition) is 1. The number of alkyl halides is 3. The van der Waals surface area contributed by atoms with E-state index in [2.05, 4.69) is 6.07 Å². The summed E-state index contributed by atoms with van der Waals surface area (Å²) in [4.78, 5) is 1.22. The van der Waals surface area contributed by atoms with Crippen molar-refractivity contribution in [1.82, 2.24) is 0 Å². The van der Waals surface area contributed by atoms with Crippen LogP contribution in [-0.4, -0.2) is 18.3 Å². The maximum Gasteiger partial charge on any atom is 0.416 e. The molecule has 0 atom stereocenters. The van der Waals surface area contributed by atoms with Crippen LogP contribution in [0.5, 0.6) is 0 Å². The SMILES string of the molecule is N#CC1(c2ccc(Sc3cc(C(F)(F)F)cc(C4(O)CCOCC4)c3)cc2)CCCC1. The zero-order valence-corrected chi connectivity index (χ0v) is 17.9. The van der Waals surface area contributed by atoms with Gasteiger partial charge in [-0.1, -0.05) is 36.7 Å². The summed E-state index contributed by atoms with van der Waals surface area (Å²) in [6.07, 6.45) is -0.217. The number of nitriles is 1. The first-order valence-electron chi connectivity index (χ1n) is 10.5. The minimum absolute atomic E-state index is 0.267. The molecule has 1 saturated carbocycles. The fraction of sp³-hybridized carbons (Fsp3) is 0.458. The minimum atomic E-state index is -4.50. The Morgan fingerprint density at radius 1 is 0.903 bits per heavy atom. The topological polar surface area (TPSA) is 53.2 Å². The van der Waals surface area contributed by atoms with Gasteiger partial charge in [-0.2, -0.15) is 18.4 Å². The number of nitrogens with zero attached hydrogens (tertiary/aromatic N) is 1. The standard InChI is InChI=1S/C24H24F3NO2S/c25-24(26,27)19-13-18(23(29)9-11-30-12-10-23)14-21(15-19)31-20-5-3-17(4-6-20)22(16-28)7-1-2-8-22/h3-6,13-15,29H,1-2,7-12H2. The largest absolute Gasteiger partial charge is 0.416 e. The van der Waals surface area contributed by atoms with Crippen molar-refractivity contribution < 1.29 is 23.0 Å². The molecule has 0 radical (unpaired) electrons. The van der Waals surface area contributed by atoms with Gasteiger partial charge in [0.05, 0.1) is 22.6 Å². The highest BCUT2D eigenvalue weighted by molar-refractivity contribution is 7.99. The summed E-state index contributed by atoms with van der Waals surface area (Å²) in [5.41, 5.74) is -1.28. The number of benzene rings is 2. The van der Waals surface area contributed by atoms with Crippen molar-refractivity contribution in [3.63, 3.8) is 0 Å². The molecule has 2 aromatic rings. The van der Waals surface area contributed by atoms with Crippen LogP contribution in [0.3, 0.4) is 0 Å². The number of hydrogen-bond acceptors (Lipinski definition) is 4. The van der Waals surface area contributed by atoms with Crippen molar-refractivity contribution in [2.24, 2.45) is 0 Å². The van der Waals surface area contributed by atoms with Crippen LogP contribution in [0.15, 0.2) is 52.3 Å². The number of rotatable bonds is 4. The third-order valence-corrected chi connectivity index (χ3v) is 7.38. The lowest BCUT2D eigenvalue weighted by Crippen LogP contribution is -2.33. The summed E-state index contributed by atoms with van der Waals surface area (Å²) < 4.78 is 45.9. The maximum atomic E-state index is 13.5. The average molecular weight is 448 g/mol. The molecule has 4 rings (SSSR count). The molecule has 0 aromatic heterocycles. The van der Waals surface area contributed by atoms with Gasteiger partial charge in [-0.3, -0.25) is 0 Å². The average Bonchev–Trinajstić information content (AvgIpc) is 3.24. The van der Waals surface area contributed by atoms with Crippen LogP contribution in [0.4, 0.5) is 13.2 Å². The Labute approximate surface area is 184 Å². The second kappa shape index (κ2) is 8.50. The number of halogens is 3. The second-order valence-corrected chi connectivity index (χ2v) is 9.56. The highest BCUT2D eigenvalue weighted by atomic mass is 32.2. The molecule has 31 heavy (non-hydrogen) atoms. The lowest BCUT2D eigenvalue weighted by molar-refractivity contribution is -0.138. The Morgan fingerprint density at radius 2 is 1.55 bits per heavy atom. The van der Waals surface area contributed by atoms with Crippen LogP contribution >= 0.6 is 11.8 Å². The first-order valence-corrected chi connectivity index (χ1v) is 11.3. The van der Waals surface area contributed by atoms with E-state index < -0.39 is 22.8 Å². The zero-order chi connectivity index (χ0) is 22.1. The molecule has 0 unspecified atom stereocenters. The molecule has 1 saturated heterocycles. The van der Waals surface area contributed by atoms with Gasteiger partial charge in [0, 0.05) is 35.8 Å². The minimum Gasteiger partial charge on any atom is -0.385 e. The summed E-state index contributed by atoms with van der Waals surface area (Å²) in [7, 11) is 0. The normalized spacial score (nSPS) is 20.4. The maximum absolute atomic E-state index is 13.5. The van der Waals surface area contributed by atoms with Crippen LogP contribution < -0.4 is 0 Å². The Morgan fingerprint density at radius 3 is 2.13 bits per heavy atom. The summed E-state index contributed by atoms with van der Waals surface area (Å²) in [5.74, 6) is 0. The summed E-state index contributed by atoms with van der Waals surface area (Å²) in [6, 6.07) is 13.8. The Balaban J connectivity index is 1.63. The van der Waals surface area contributed by atoms with Crippen LogP contribution in [0.2, 0.25) is 0 Å². The molecule has 164 valence electrons. The highest BCUT2D eigenvalue weighted by Gasteiger charge is 2.37. The molecule has 2 aliphatic rings. The van der Waals surface area contributed by atoms with Gasteiger partial charge in [-0.05, 0) is 54.3 Å². The fourth-order valence-corrected chi connectivity index (χ4v) is 5.43. The predicted octanol–water partition coefficient (Wildman–Crippen LogP) is 6.19. The molecule has 2 aromatic carbocycles. The van der Waals surface area contributed by atoms with Crippen molar-refractivity contribution in [2.45, 2.75) is 65.5 Å². The Kier molecular flexibility index (Phi) is 6.08. The van der Waals surface area contributed by atoms with Gasteiger partial charge in [-0.25, -0.2) is 0 Å². The van der Waals surface area contributed by atoms with Crippen LogP contribution in [0.25, 0.3) is 0 Å². The molecule has 0 amide bonds. The zero-order valence-electron chi connectivity index (χ0n) is 17.0. The van der Waals surface area contributed by atoms with Gasteiger partial charge in [0.2, 0.25) is 0 Å². The van der Waals surface area contributed by atoms with Crippen LogP contribution in [0.1, 0.15) is 55.2 Å². The molecule has 7 heteroatoms. The van der Waals surface area contributed by atoms with E-state index in [-0.39, 0.29) is 18.4 Å². The van der Waals surface area contributed by atoms with Crippen molar-refractivity contribution in [3.8, 4) is 6.07 Å². The van der Waals surface area contributed by atoms with E-state index in [1.54, 1.807) is 6.07 Å². The van der Waals surface area contributed by atoms with Gasteiger partial charge < -0.3 is 9.84 Å². The lowest BCUT2D eigenvalue weighted by Gasteiger charge is -2.33. The fourth-order valence-electron chi connectivity index (χ4n) is 4.51. The first-order chi connectivity index (χ1) is 14.7. The smallest absolute Gasteiger partial charge is 0.385 e. The Hall–Kier alpha value is -2.01. The molecular formula is C24H24F3NO2S. The number of ether oxygens (including phenoxy) is 1. The van der Waals surface area contributed by atoms with Gasteiger partial charge >= 0.3 is 6.18 Å². The summed E-state index contributed by atoms with van der Waals surface area (Å²) in [5, 5.41) is 20.6. The van der Waals surface area contributed by atoms with Crippen LogP contribution in [0, 0.1) is 11.3 Å². The molecule has 1 aliphatic carbocycles. The van der Waals surface area contributed by atoms with Gasteiger partial charge in [0.25, 0.3) is 0 Å². The predicted molar refractivity (Wildman–Crippen MR) is 112 cm³/mol. The second-order valence-electron chi connectivity index (χ2n) is 8.42. The number of aliphatic hydroxyl groups is 1. The monoisotopic (exact) mass is 447 g/mol. The summed E-state index contributed by atoms with van der Waals surface area (Å²) >= 11 is 1.23. The van der Waals surface area contributed by atoms with E-state index in [0.29, 0.717) is 18.1 Å². The van der Waals surface area contributed by atoms with E-state index in [1.165, 1.54) is 11.8 Å². The molecule has 3 nitrogen and oxygen atoms in total. The van der Waals surface area contributed by atoms with Crippen molar-refractivity contribution in [2.75, 3.05) is 13.2 Å². The van der Waals surface area contributed by atoms with Gasteiger partial charge in [-0.15, -0.1) is 0 Å². The Bertz CT molecular complexity index is 970. The third kappa shape index (κ3) is 4.62. The quantitative estimate of drug-likeness (QED) is 0.607. The third-order valence-electron chi connectivity index (χ3n) is 6.40. The molecular weight excluding hydrogens is 423 g/mol. The van der Waals surface area contributed by atoms with E-state index in [0.717, 1.165) is 48.3 Å². The molecule has 1 aliphatic heterocycles. The molecule has 0 spiro atoms. The summed E-state index contributed by atoms with van der Waals surface area (Å²) in [6.45, 7) is 0.634. The van der Waals surface area contributed by atoms with E-state index in [1.807, 2.05) is 24.3 Å². The first kappa shape index (κ1) is 22.2. The van der Waals surface area contributed by atoms with Crippen molar-refractivity contribution in [1.29, 1.82) is 5.26 Å². The van der Waals surface area contributed by atoms with Crippen molar-refractivity contribution in [3.05, 3.63) is 59.2 Å². The van der Waals surface area contributed by atoms with E-state index in [4.69, 9.17) is 4.74 Å². The van der Waals surface area contributed by atoms with Gasteiger partial charge in [0.1, 0.15) is 0 Å². The molecule has 0 bridgehead atoms. The molecule has 1 heterocycles. The van der Waals surface area contributed by atoms with Gasteiger partial charge in [0.15, 0.2) is 0 Å². The molecule has 1 N–H and O–H groups in total. The van der Waals surface area contributed by atoms with E-state index >= 15 is 0 Å². The molecule has 2 fully saturated rings. The highest BCUT2D eigenvalue weighted by Crippen LogP contribution is 2.43.